The van der Waals surface area contributed by atoms with Crippen molar-refractivity contribution in [1.82, 2.24) is 15.2 Å². The number of nitrogens with one attached hydrogen (secondary N) is 1. The molecule has 0 unspecified atom stereocenters. The highest BCUT2D eigenvalue weighted by Gasteiger charge is 2.42. The third kappa shape index (κ3) is 3.96. The molecule has 3 heterocycles. The summed E-state index contributed by atoms with van der Waals surface area (Å²) in [5, 5.41) is 3.06. The number of carbonyl (C=O) groups excluding carboxylic acids is 1. The number of amides is 1. The number of likely N-dealkylation sites (tertiary alicyclic amines) is 1. The molecular weight excluding hydrogens is 318 g/mol. The number of pyridine rings is 1. The molecule has 136 valence electrons. The highest BCUT2D eigenvalue weighted by molar-refractivity contribution is 5.81. The lowest BCUT2D eigenvalue weighted by atomic mass is 9.91. The number of carbonyl (C=O) groups is 1. The van der Waals surface area contributed by atoms with Gasteiger partial charge in [-0.05, 0) is 50.1 Å². The normalized spacial score (nSPS) is 29.2. The van der Waals surface area contributed by atoms with Crippen LogP contribution >= 0.6 is 0 Å². The molecule has 1 saturated carbocycles. The minimum Gasteiger partial charge on any atom is -0.481 e. The minimum absolute atomic E-state index is 0.0850. The largest absolute Gasteiger partial charge is 0.481 e. The van der Waals surface area contributed by atoms with E-state index in [1.54, 1.807) is 13.3 Å². The first kappa shape index (κ1) is 16.8. The van der Waals surface area contributed by atoms with Gasteiger partial charge in [0.25, 0.3) is 0 Å². The maximum absolute atomic E-state index is 12.3. The average molecular weight is 345 g/mol. The smallest absolute Gasteiger partial charge is 0.249 e. The molecule has 0 aromatic carbocycles. The summed E-state index contributed by atoms with van der Waals surface area (Å²) in [6, 6.07) is 4.00. The van der Waals surface area contributed by atoms with Crippen molar-refractivity contribution in [3.8, 4) is 5.88 Å². The van der Waals surface area contributed by atoms with Crippen LogP contribution in [0.3, 0.4) is 0 Å². The number of rotatable bonds is 6. The van der Waals surface area contributed by atoms with E-state index in [0.29, 0.717) is 17.7 Å². The predicted octanol–water partition coefficient (Wildman–Crippen LogP) is 1.60. The number of aromatic nitrogens is 1. The molecule has 0 radical (unpaired) electrons. The van der Waals surface area contributed by atoms with E-state index in [-0.39, 0.29) is 18.1 Å². The van der Waals surface area contributed by atoms with Crippen LogP contribution in [0.25, 0.3) is 0 Å². The molecule has 3 atom stereocenters. The zero-order valence-corrected chi connectivity index (χ0v) is 14.8. The number of ether oxygens (including phenoxy) is 2. The molecule has 1 aliphatic carbocycles. The first-order valence-corrected chi connectivity index (χ1v) is 9.36. The number of methoxy groups -OCH3 is 1. The van der Waals surface area contributed by atoms with Crippen LogP contribution in [-0.2, 0) is 16.1 Å². The SMILES string of the molecule is COc1ncccc1CN1CC[C@@H]2C[C@@H](C(=O)NCC3CC3)O[C@@H]2C1. The Kier molecular flexibility index (Phi) is 4.90. The van der Waals surface area contributed by atoms with E-state index < -0.39 is 0 Å². The zero-order chi connectivity index (χ0) is 17.2. The predicted molar refractivity (Wildman–Crippen MR) is 93.2 cm³/mol. The van der Waals surface area contributed by atoms with E-state index >= 15 is 0 Å². The van der Waals surface area contributed by atoms with Gasteiger partial charge in [-0.2, -0.15) is 0 Å². The van der Waals surface area contributed by atoms with Crippen LogP contribution in [0.5, 0.6) is 5.88 Å². The van der Waals surface area contributed by atoms with E-state index in [2.05, 4.69) is 21.3 Å². The molecule has 2 saturated heterocycles. The third-order valence-corrected chi connectivity index (χ3v) is 5.63. The number of hydrogen-bond donors (Lipinski definition) is 1. The molecule has 6 nitrogen and oxygen atoms in total. The average Bonchev–Trinajstić information content (AvgIpc) is 3.37. The molecule has 4 rings (SSSR count). The van der Waals surface area contributed by atoms with E-state index in [9.17, 15) is 4.79 Å². The van der Waals surface area contributed by atoms with Gasteiger partial charge in [-0.1, -0.05) is 6.07 Å². The van der Waals surface area contributed by atoms with Gasteiger partial charge in [0.05, 0.1) is 13.2 Å². The van der Waals surface area contributed by atoms with Gasteiger partial charge in [-0.15, -0.1) is 0 Å². The van der Waals surface area contributed by atoms with Gasteiger partial charge < -0.3 is 14.8 Å². The van der Waals surface area contributed by atoms with Crippen LogP contribution in [0, 0.1) is 11.8 Å². The van der Waals surface area contributed by atoms with Crippen LogP contribution < -0.4 is 10.1 Å². The molecule has 1 aromatic heterocycles. The quantitative estimate of drug-likeness (QED) is 0.848. The molecule has 0 spiro atoms. The Hall–Kier alpha value is -1.66. The van der Waals surface area contributed by atoms with Gasteiger partial charge in [0.1, 0.15) is 6.10 Å². The molecule has 1 aromatic rings. The number of fused-ring (bicyclic) bond motifs is 1. The van der Waals surface area contributed by atoms with Crippen molar-refractivity contribution < 1.29 is 14.3 Å². The number of nitrogens with zero attached hydrogens (tertiary/aromatic N) is 2. The van der Waals surface area contributed by atoms with Crippen molar-refractivity contribution in [3.05, 3.63) is 23.9 Å². The summed E-state index contributed by atoms with van der Waals surface area (Å²) in [6.45, 7) is 3.52. The molecule has 3 aliphatic rings. The van der Waals surface area contributed by atoms with Gasteiger partial charge in [0.15, 0.2) is 0 Å². The molecule has 3 fully saturated rings. The maximum Gasteiger partial charge on any atom is 0.249 e. The van der Waals surface area contributed by atoms with Crippen molar-refractivity contribution in [2.45, 2.75) is 44.4 Å². The summed E-state index contributed by atoms with van der Waals surface area (Å²) < 4.78 is 11.5. The number of piperidine rings is 1. The van der Waals surface area contributed by atoms with Crippen molar-refractivity contribution >= 4 is 5.91 Å². The van der Waals surface area contributed by atoms with Crippen molar-refractivity contribution in [3.63, 3.8) is 0 Å². The summed E-state index contributed by atoms with van der Waals surface area (Å²) in [5.74, 6) is 1.98. The second-order valence-electron chi connectivity index (χ2n) is 7.54. The lowest BCUT2D eigenvalue weighted by Crippen LogP contribution is -2.42. The van der Waals surface area contributed by atoms with Crippen LogP contribution in [0.15, 0.2) is 18.3 Å². The van der Waals surface area contributed by atoms with Gasteiger partial charge in [0.2, 0.25) is 11.8 Å². The molecule has 0 bridgehead atoms. The van der Waals surface area contributed by atoms with E-state index in [1.165, 1.54) is 12.8 Å². The van der Waals surface area contributed by atoms with Crippen LogP contribution in [-0.4, -0.2) is 54.7 Å². The van der Waals surface area contributed by atoms with E-state index in [1.807, 2.05) is 6.07 Å². The van der Waals surface area contributed by atoms with Crippen molar-refractivity contribution in [2.75, 3.05) is 26.7 Å². The number of hydrogen-bond acceptors (Lipinski definition) is 5. The van der Waals surface area contributed by atoms with Gasteiger partial charge >= 0.3 is 0 Å². The van der Waals surface area contributed by atoms with Gasteiger partial charge in [-0.3, -0.25) is 9.69 Å². The Morgan fingerprint density at radius 3 is 3.12 bits per heavy atom. The summed E-state index contributed by atoms with van der Waals surface area (Å²) >= 11 is 0. The topological polar surface area (TPSA) is 63.7 Å². The third-order valence-electron chi connectivity index (χ3n) is 5.63. The molecule has 6 heteroatoms. The maximum atomic E-state index is 12.3. The fraction of sp³-hybridized carbons (Fsp3) is 0.684. The Balaban J connectivity index is 1.31. The summed E-state index contributed by atoms with van der Waals surface area (Å²) in [6.07, 6.45) is 6.10. The van der Waals surface area contributed by atoms with Crippen LogP contribution in [0.2, 0.25) is 0 Å². The minimum atomic E-state index is -0.262. The monoisotopic (exact) mass is 345 g/mol. The molecule has 2 aliphatic heterocycles. The fourth-order valence-corrected chi connectivity index (χ4v) is 3.96. The molecule has 1 N–H and O–H groups in total. The highest BCUT2D eigenvalue weighted by atomic mass is 16.5. The second kappa shape index (κ2) is 7.30. The van der Waals surface area contributed by atoms with E-state index in [4.69, 9.17) is 9.47 Å². The van der Waals surface area contributed by atoms with Gasteiger partial charge in [0, 0.05) is 31.4 Å². The van der Waals surface area contributed by atoms with E-state index in [0.717, 1.165) is 44.6 Å². The summed E-state index contributed by atoms with van der Waals surface area (Å²) in [7, 11) is 1.66. The van der Waals surface area contributed by atoms with Crippen molar-refractivity contribution in [2.24, 2.45) is 11.8 Å². The lowest BCUT2D eigenvalue weighted by Gasteiger charge is -2.34. The van der Waals surface area contributed by atoms with Crippen molar-refractivity contribution in [1.29, 1.82) is 0 Å². The summed E-state index contributed by atoms with van der Waals surface area (Å²) in [5.41, 5.74) is 1.10. The van der Waals surface area contributed by atoms with Crippen LogP contribution in [0.4, 0.5) is 0 Å². The molecule has 25 heavy (non-hydrogen) atoms. The Labute approximate surface area is 148 Å². The van der Waals surface area contributed by atoms with Crippen LogP contribution in [0.1, 0.15) is 31.2 Å². The Bertz CT molecular complexity index is 620. The summed E-state index contributed by atoms with van der Waals surface area (Å²) in [4.78, 5) is 19.0. The second-order valence-corrected chi connectivity index (χ2v) is 7.54. The molecular formula is C19H27N3O3. The zero-order valence-electron chi connectivity index (χ0n) is 14.8. The first-order chi connectivity index (χ1) is 12.2. The molecule has 1 amide bonds. The Morgan fingerprint density at radius 2 is 2.32 bits per heavy atom. The first-order valence-electron chi connectivity index (χ1n) is 9.36. The fourth-order valence-electron chi connectivity index (χ4n) is 3.96. The highest BCUT2D eigenvalue weighted by Crippen LogP contribution is 2.34. The standard InChI is InChI=1S/C19H27N3O3/c1-24-19-15(3-2-7-20-19)11-22-8-6-14-9-16(25-17(14)12-22)18(23)21-10-13-4-5-13/h2-3,7,13-14,16-17H,4-6,8-12H2,1H3,(H,21,23)/t14-,16+,17-/m1/s1. The Morgan fingerprint density at radius 1 is 1.44 bits per heavy atom. The lowest BCUT2D eigenvalue weighted by molar-refractivity contribution is -0.132. The van der Waals surface area contributed by atoms with Gasteiger partial charge in [-0.25, -0.2) is 4.98 Å².